The Bertz CT molecular complexity index is 462. The summed E-state index contributed by atoms with van der Waals surface area (Å²) < 4.78 is 0. The summed E-state index contributed by atoms with van der Waals surface area (Å²) in [5.74, 6) is -0.0843. The van der Waals surface area contributed by atoms with E-state index >= 15 is 0 Å². The molecular formula is C15H23N3O. The molecule has 1 aliphatic rings. The highest BCUT2D eigenvalue weighted by Gasteiger charge is 2.33. The van der Waals surface area contributed by atoms with Gasteiger partial charge in [0.05, 0.1) is 0 Å². The van der Waals surface area contributed by atoms with Crippen LogP contribution in [0.4, 0.5) is 11.4 Å². The molecule has 1 aliphatic carbocycles. The summed E-state index contributed by atoms with van der Waals surface area (Å²) in [5, 5.41) is 3.13. The lowest BCUT2D eigenvalue weighted by Gasteiger charge is -2.39. The molecule has 0 spiro atoms. The van der Waals surface area contributed by atoms with Crippen molar-refractivity contribution in [3.63, 3.8) is 0 Å². The Balaban J connectivity index is 2.12. The number of nitrogens with one attached hydrogen (secondary N) is 1. The van der Waals surface area contributed by atoms with E-state index in [1.54, 1.807) is 18.2 Å². The smallest absolute Gasteiger partial charge is 0.251 e. The normalized spacial score (nSPS) is 21.9. The monoisotopic (exact) mass is 261 g/mol. The summed E-state index contributed by atoms with van der Waals surface area (Å²) in [6.45, 7) is 4.43. The number of carbonyl (C=O) groups is 1. The van der Waals surface area contributed by atoms with Crippen LogP contribution in [0, 0.1) is 5.41 Å². The van der Waals surface area contributed by atoms with Gasteiger partial charge in [-0.25, -0.2) is 0 Å². The van der Waals surface area contributed by atoms with Gasteiger partial charge in [0.15, 0.2) is 0 Å². The minimum Gasteiger partial charge on any atom is -0.399 e. The van der Waals surface area contributed by atoms with E-state index in [9.17, 15) is 4.79 Å². The summed E-state index contributed by atoms with van der Waals surface area (Å²) in [5.41, 5.74) is 13.2. The van der Waals surface area contributed by atoms with Gasteiger partial charge in [-0.15, -0.1) is 0 Å². The lowest BCUT2D eigenvalue weighted by atomic mass is 9.73. The van der Waals surface area contributed by atoms with Crippen LogP contribution in [0.15, 0.2) is 18.2 Å². The van der Waals surface area contributed by atoms with Gasteiger partial charge in [0, 0.05) is 23.0 Å². The van der Waals surface area contributed by atoms with Crippen LogP contribution in [-0.4, -0.2) is 11.9 Å². The number of amides is 1. The van der Waals surface area contributed by atoms with Gasteiger partial charge in [-0.3, -0.25) is 4.79 Å². The minimum absolute atomic E-state index is 0.0843. The van der Waals surface area contributed by atoms with Gasteiger partial charge in [0.1, 0.15) is 0 Å². The van der Waals surface area contributed by atoms with Crippen LogP contribution in [0.25, 0.3) is 0 Å². The van der Waals surface area contributed by atoms with E-state index in [0.29, 0.717) is 16.9 Å². The summed E-state index contributed by atoms with van der Waals surface area (Å²) in [6.07, 6.45) is 4.60. The molecule has 1 atom stereocenters. The van der Waals surface area contributed by atoms with Crippen molar-refractivity contribution in [2.75, 3.05) is 11.5 Å². The highest BCUT2D eigenvalue weighted by Crippen LogP contribution is 2.35. The largest absolute Gasteiger partial charge is 0.399 e. The summed E-state index contributed by atoms with van der Waals surface area (Å²) in [6, 6.07) is 5.21. The van der Waals surface area contributed by atoms with E-state index in [2.05, 4.69) is 19.2 Å². The Hall–Kier alpha value is -1.71. The van der Waals surface area contributed by atoms with Crippen molar-refractivity contribution in [1.82, 2.24) is 5.32 Å². The molecule has 4 heteroatoms. The van der Waals surface area contributed by atoms with Gasteiger partial charge in [-0.2, -0.15) is 0 Å². The first-order chi connectivity index (χ1) is 8.88. The quantitative estimate of drug-likeness (QED) is 0.716. The number of rotatable bonds is 2. The van der Waals surface area contributed by atoms with E-state index in [1.165, 1.54) is 12.8 Å². The molecule has 2 rings (SSSR count). The zero-order chi connectivity index (χ0) is 14.0. The Kier molecular flexibility index (Phi) is 3.69. The van der Waals surface area contributed by atoms with Crippen molar-refractivity contribution in [1.29, 1.82) is 0 Å². The number of hydrogen-bond donors (Lipinski definition) is 3. The second kappa shape index (κ2) is 5.11. The van der Waals surface area contributed by atoms with Crippen molar-refractivity contribution in [2.24, 2.45) is 5.41 Å². The van der Waals surface area contributed by atoms with Gasteiger partial charge in [0.25, 0.3) is 5.91 Å². The molecule has 1 saturated carbocycles. The summed E-state index contributed by atoms with van der Waals surface area (Å²) in [7, 11) is 0. The number of benzene rings is 1. The first-order valence-electron chi connectivity index (χ1n) is 6.85. The standard InChI is InChI=1S/C15H23N3O/c1-15(2)6-4-3-5-13(15)18-14(19)10-7-11(16)9-12(17)8-10/h7-9,13H,3-6,16-17H2,1-2H3,(H,18,19). The molecule has 0 radical (unpaired) electrons. The zero-order valence-corrected chi connectivity index (χ0v) is 11.7. The average Bonchev–Trinajstić information content (AvgIpc) is 2.30. The number of anilines is 2. The molecule has 104 valence electrons. The predicted octanol–water partition coefficient (Wildman–Crippen LogP) is 2.55. The molecular weight excluding hydrogens is 238 g/mol. The Morgan fingerprint density at radius 1 is 1.21 bits per heavy atom. The van der Waals surface area contributed by atoms with E-state index in [1.807, 2.05) is 0 Å². The molecule has 0 saturated heterocycles. The lowest BCUT2D eigenvalue weighted by molar-refractivity contribution is 0.0853. The fourth-order valence-corrected chi connectivity index (χ4v) is 2.81. The van der Waals surface area contributed by atoms with Crippen LogP contribution in [0.5, 0.6) is 0 Å². The molecule has 4 nitrogen and oxygen atoms in total. The highest BCUT2D eigenvalue weighted by molar-refractivity contribution is 5.96. The van der Waals surface area contributed by atoms with Crippen LogP contribution < -0.4 is 16.8 Å². The maximum absolute atomic E-state index is 12.3. The summed E-state index contributed by atoms with van der Waals surface area (Å²) in [4.78, 5) is 12.3. The molecule has 0 bridgehead atoms. The van der Waals surface area contributed by atoms with Gasteiger partial charge >= 0.3 is 0 Å². The zero-order valence-electron chi connectivity index (χ0n) is 11.7. The van der Waals surface area contributed by atoms with Gasteiger partial charge < -0.3 is 16.8 Å². The minimum atomic E-state index is -0.0843. The van der Waals surface area contributed by atoms with Crippen LogP contribution in [0.3, 0.4) is 0 Å². The van der Waals surface area contributed by atoms with Crippen molar-refractivity contribution < 1.29 is 4.79 Å². The molecule has 1 amide bonds. The van der Waals surface area contributed by atoms with Crippen molar-refractivity contribution in [2.45, 2.75) is 45.6 Å². The number of nitrogens with two attached hydrogens (primary N) is 2. The summed E-state index contributed by atoms with van der Waals surface area (Å²) >= 11 is 0. The van der Waals surface area contributed by atoms with Crippen molar-refractivity contribution in [3.8, 4) is 0 Å². The maximum Gasteiger partial charge on any atom is 0.251 e. The van der Waals surface area contributed by atoms with Crippen LogP contribution in [-0.2, 0) is 0 Å². The third kappa shape index (κ3) is 3.19. The molecule has 0 aromatic heterocycles. The van der Waals surface area contributed by atoms with Gasteiger partial charge in [0.2, 0.25) is 0 Å². The lowest BCUT2D eigenvalue weighted by Crippen LogP contribution is -2.46. The molecule has 0 aliphatic heterocycles. The van der Waals surface area contributed by atoms with E-state index < -0.39 is 0 Å². The fourth-order valence-electron chi connectivity index (χ4n) is 2.81. The topological polar surface area (TPSA) is 81.1 Å². The van der Waals surface area contributed by atoms with Crippen LogP contribution >= 0.6 is 0 Å². The first-order valence-corrected chi connectivity index (χ1v) is 6.85. The van der Waals surface area contributed by atoms with Gasteiger partial charge in [-0.05, 0) is 36.5 Å². The maximum atomic E-state index is 12.3. The number of hydrogen-bond acceptors (Lipinski definition) is 3. The van der Waals surface area contributed by atoms with E-state index in [0.717, 1.165) is 12.8 Å². The third-order valence-electron chi connectivity index (χ3n) is 4.05. The molecule has 19 heavy (non-hydrogen) atoms. The SMILES string of the molecule is CC1(C)CCCCC1NC(=O)c1cc(N)cc(N)c1. The predicted molar refractivity (Wildman–Crippen MR) is 78.8 cm³/mol. The Morgan fingerprint density at radius 2 is 1.84 bits per heavy atom. The molecule has 1 fully saturated rings. The number of carbonyl (C=O) groups excluding carboxylic acids is 1. The van der Waals surface area contributed by atoms with Crippen molar-refractivity contribution >= 4 is 17.3 Å². The highest BCUT2D eigenvalue weighted by atomic mass is 16.1. The molecule has 1 aromatic rings. The van der Waals surface area contributed by atoms with Crippen LogP contribution in [0.1, 0.15) is 49.9 Å². The van der Waals surface area contributed by atoms with Crippen LogP contribution in [0.2, 0.25) is 0 Å². The average molecular weight is 261 g/mol. The van der Waals surface area contributed by atoms with Crippen molar-refractivity contribution in [3.05, 3.63) is 23.8 Å². The molecule has 1 aromatic carbocycles. The third-order valence-corrected chi connectivity index (χ3v) is 4.05. The molecule has 1 unspecified atom stereocenters. The Labute approximate surface area is 114 Å². The van der Waals surface area contributed by atoms with E-state index in [4.69, 9.17) is 11.5 Å². The molecule has 5 N–H and O–H groups in total. The first kappa shape index (κ1) is 13.7. The van der Waals surface area contributed by atoms with E-state index in [-0.39, 0.29) is 17.4 Å². The fraction of sp³-hybridized carbons (Fsp3) is 0.533. The Morgan fingerprint density at radius 3 is 2.42 bits per heavy atom. The second-order valence-electron chi connectivity index (χ2n) is 6.15. The van der Waals surface area contributed by atoms with Gasteiger partial charge in [-0.1, -0.05) is 26.7 Å². The number of nitrogen functional groups attached to an aromatic ring is 2. The molecule has 0 heterocycles. The second-order valence-corrected chi connectivity index (χ2v) is 6.15.